The van der Waals surface area contributed by atoms with Gasteiger partial charge in [0.2, 0.25) is 0 Å². The van der Waals surface area contributed by atoms with E-state index in [1.54, 1.807) is 0 Å². The molecular weight excluding hydrogens is 247 g/mol. The topological polar surface area (TPSA) is 17.1 Å². The highest BCUT2D eigenvalue weighted by Crippen LogP contribution is 2.51. The minimum absolute atomic E-state index is 0.946. The van der Waals surface area contributed by atoms with Crippen molar-refractivity contribution in [3.8, 4) is 0 Å². The fraction of sp³-hybridized carbons (Fsp3) is 0.800. The van der Waals surface area contributed by atoms with Crippen molar-refractivity contribution >= 4 is 6.29 Å². The lowest BCUT2D eigenvalue weighted by Gasteiger charge is -2.30. The zero-order chi connectivity index (χ0) is 12.7. The Balaban J connectivity index is 5.61. The normalized spacial score (nSPS) is 18.5. The zero-order valence-corrected chi connectivity index (χ0v) is 6.31. The lowest BCUT2D eigenvalue weighted by Crippen LogP contribution is -2.63. The molecule has 0 amide bonds. The van der Waals surface area contributed by atoms with Crippen molar-refractivity contribution < 1.29 is 44.3 Å². The largest absolute Gasteiger partial charge is 0.457 e. The standard InChI is InChI=1S/C5F9O/c6-2(1-15,4(9,10)11)3(7,8)5(12,13)14. The van der Waals surface area contributed by atoms with Crippen LogP contribution in [0.15, 0.2) is 0 Å². The smallest absolute Gasteiger partial charge is 0.286 e. The summed E-state index contributed by atoms with van der Waals surface area (Å²) in [6.45, 7) is 0. The summed E-state index contributed by atoms with van der Waals surface area (Å²) in [5.41, 5.74) is -6.40. The van der Waals surface area contributed by atoms with Gasteiger partial charge in [-0.3, -0.25) is 4.79 Å². The van der Waals surface area contributed by atoms with Gasteiger partial charge in [-0.1, -0.05) is 0 Å². The highest BCUT2D eigenvalue weighted by Gasteiger charge is 2.82. The molecular formula is C5F9O. The van der Waals surface area contributed by atoms with Crippen LogP contribution in [0.4, 0.5) is 39.5 Å². The molecule has 0 aliphatic carbocycles. The summed E-state index contributed by atoms with van der Waals surface area (Å²) in [5, 5.41) is 0. The molecule has 0 aliphatic heterocycles. The van der Waals surface area contributed by atoms with Crippen LogP contribution in [0, 0.1) is 0 Å². The number of hydrogen-bond donors (Lipinski definition) is 0. The molecule has 0 spiro atoms. The van der Waals surface area contributed by atoms with Crippen LogP contribution in [0.3, 0.4) is 0 Å². The second-order valence-electron chi connectivity index (χ2n) is 2.33. The van der Waals surface area contributed by atoms with Gasteiger partial charge in [-0.2, -0.15) is 35.1 Å². The van der Waals surface area contributed by atoms with Crippen molar-refractivity contribution in [2.24, 2.45) is 0 Å². The van der Waals surface area contributed by atoms with Crippen molar-refractivity contribution in [3.63, 3.8) is 0 Å². The summed E-state index contributed by atoms with van der Waals surface area (Å²) >= 11 is 0. The summed E-state index contributed by atoms with van der Waals surface area (Å²) in [7, 11) is 0. The van der Waals surface area contributed by atoms with Crippen LogP contribution in [-0.4, -0.2) is 30.2 Å². The third-order valence-corrected chi connectivity index (χ3v) is 1.32. The van der Waals surface area contributed by atoms with E-state index >= 15 is 0 Å². The Hall–Kier alpha value is -0.960. The van der Waals surface area contributed by atoms with Crippen LogP contribution < -0.4 is 0 Å². The van der Waals surface area contributed by atoms with Crippen molar-refractivity contribution in [1.82, 2.24) is 0 Å². The molecule has 0 aliphatic rings. The van der Waals surface area contributed by atoms with Gasteiger partial charge in [-0.15, -0.1) is 0 Å². The Morgan fingerprint density at radius 2 is 1.00 bits per heavy atom. The Kier molecular flexibility index (Phi) is 3.06. The van der Waals surface area contributed by atoms with Gasteiger partial charge in [0.15, 0.2) is 0 Å². The Bertz CT molecular complexity index is 250. The highest BCUT2D eigenvalue weighted by atomic mass is 19.4. The van der Waals surface area contributed by atoms with E-state index < -0.39 is 30.2 Å². The molecule has 0 saturated carbocycles. The first-order valence-electron chi connectivity index (χ1n) is 2.90. The fourth-order valence-electron chi connectivity index (χ4n) is 0.495. The van der Waals surface area contributed by atoms with E-state index in [1.165, 1.54) is 0 Å². The Labute approximate surface area is 75.9 Å². The maximum absolute atomic E-state index is 12.3. The second-order valence-corrected chi connectivity index (χ2v) is 2.33. The molecule has 0 saturated heterocycles. The summed E-state index contributed by atoms with van der Waals surface area (Å²) in [5.74, 6) is -6.89. The molecule has 0 heterocycles. The van der Waals surface area contributed by atoms with Gasteiger partial charge in [0, 0.05) is 0 Å². The number of rotatable bonds is 2. The second kappa shape index (κ2) is 3.27. The average Bonchev–Trinajstić information content (AvgIpc) is 1.98. The monoisotopic (exact) mass is 247 g/mol. The molecule has 1 atom stereocenters. The van der Waals surface area contributed by atoms with Gasteiger partial charge < -0.3 is 0 Å². The first-order chi connectivity index (χ1) is 6.31. The molecule has 0 N–H and O–H groups in total. The van der Waals surface area contributed by atoms with Crippen LogP contribution in [0.5, 0.6) is 0 Å². The van der Waals surface area contributed by atoms with Crippen molar-refractivity contribution in [2.75, 3.05) is 0 Å². The quantitative estimate of drug-likeness (QED) is 0.685. The van der Waals surface area contributed by atoms with Crippen LogP contribution >= 0.6 is 0 Å². The molecule has 0 aromatic heterocycles. The number of alkyl halides is 9. The van der Waals surface area contributed by atoms with Crippen molar-refractivity contribution in [1.29, 1.82) is 0 Å². The van der Waals surface area contributed by atoms with E-state index in [1.807, 2.05) is 0 Å². The molecule has 0 aromatic rings. The third-order valence-electron chi connectivity index (χ3n) is 1.32. The predicted octanol–water partition coefficient (Wildman–Crippen LogP) is 2.56. The Morgan fingerprint density at radius 1 is 0.667 bits per heavy atom. The highest BCUT2D eigenvalue weighted by molar-refractivity contribution is 5.67. The average molecular weight is 247 g/mol. The van der Waals surface area contributed by atoms with Gasteiger partial charge in [-0.05, 0) is 0 Å². The van der Waals surface area contributed by atoms with E-state index in [4.69, 9.17) is 0 Å². The van der Waals surface area contributed by atoms with Gasteiger partial charge in [0.05, 0.1) is 0 Å². The van der Waals surface area contributed by atoms with Gasteiger partial charge in [-0.25, -0.2) is 4.39 Å². The molecule has 1 unspecified atom stereocenters. The van der Waals surface area contributed by atoms with Gasteiger partial charge >= 0.3 is 23.9 Å². The first-order valence-corrected chi connectivity index (χ1v) is 2.90. The van der Waals surface area contributed by atoms with Crippen LogP contribution in [0.25, 0.3) is 0 Å². The third kappa shape index (κ3) is 1.88. The van der Waals surface area contributed by atoms with E-state index in [2.05, 4.69) is 0 Å². The fourth-order valence-corrected chi connectivity index (χ4v) is 0.495. The van der Waals surface area contributed by atoms with Gasteiger partial charge in [0.1, 0.15) is 0 Å². The lowest BCUT2D eigenvalue weighted by atomic mass is 9.98. The maximum atomic E-state index is 12.3. The molecule has 15 heavy (non-hydrogen) atoms. The SMILES string of the molecule is O=[C]C(F)(C(F)(F)F)C(F)(F)C(F)(F)F. The summed E-state index contributed by atoms with van der Waals surface area (Å²) in [4.78, 5) is 9.37. The molecule has 1 radical (unpaired) electrons. The van der Waals surface area contributed by atoms with E-state index in [-0.39, 0.29) is 0 Å². The minimum atomic E-state index is -6.89. The van der Waals surface area contributed by atoms with E-state index in [9.17, 15) is 44.3 Å². The van der Waals surface area contributed by atoms with E-state index in [0.29, 0.717) is 0 Å². The molecule has 0 rings (SSSR count). The molecule has 1 nitrogen and oxygen atoms in total. The lowest BCUT2D eigenvalue weighted by molar-refractivity contribution is -0.363. The number of halogens is 9. The predicted molar refractivity (Wildman–Crippen MR) is 26.6 cm³/mol. The first kappa shape index (κ1) is 14.0. The van der Waals surface area contributed by atoms with E-state index in [0.717, 1.165) is 0 Å². The van der Waals surface area contributed by atoms with Crippen LogP contribution in [0.2, 0.25) is 0 Å². The summed E-state index contributed by atoms with van der Waals surface area (Å²) < 4.78 is 105. The van der Waals surface area contributed by atoms with Gasteiger partial charge in [0.25, 0.3) is 6.29 Å². The zero-order valence-electron chi connectivity index (χ0n) is 6.31. The van der Waals surface area contributed by atoms with Crippen LogP contribution in [0.1, 0.15) is 0 Å². The molecule has 0 bridgehead atoms. The minimum Gasteiger partial charge on any atom is -0.286 e. The van der Waals surface area contributed by atoms with Crippen molar-refractivity contribution in [3.05, 3.63) is 0 Å². The maximum Gasteiger partial charge on any atom is 0.457 e. The number of hydrogen-bond acceptors (Lipinski definition) is 1. The summed E-state index contributed by atoms with van der Waals surface area (Å²) in [6.07, 6.45) is -14.5. The van der Waals surface area contributed by atoms with Crippen molar-refractivity contribution in [2.45, 2.75) is 23.9 Å². The summed E-state index contributed by atoms with van der Waals surface area (Å²) in [6, 6.07) is 0. The molecule has 0 aromatic carbocycles. The molecule has 0 fully saturated rings. The number of carbonyl (C=O) groups excluding carboxylic acids is 1. The molecule has 89 valence electrons. The molecule has 10 heteroatoms. The van der Waals surface area contributed by atoms with Crippen LogP contribution in [-0.2, 0) is 4.79 Å². The Morgan fingerprint density at radius 3 is 1.07 bits per heavy atom.